The molecular weight excluding hydrogens is 328 g/mol. The number of nitrogens with one attached hydrogen (secondary N) is 1. The van der Waals surface area contributed by atoms with Crippen molar-refractivity contribution in [3.63, 3.8) is 0 Å². The Kier molecular flexibility index (Phi) is 6.20. The lowest BCUT2D eigenvalue weighted by molar-refractivity contribution is -0.117. The van der Waals surface area contributed by atoms with Crippen LogP contribution in [-0.2, 0) is 11.3 Å². The van der Waals surface area contributed by atoms with Crippen molar-refractivity contribution in [1.29, 1.82) is 0 Å². The zero-order valence-electron chi connectivity index (χ0n) is 15.4. The van der Waals surface area contributed by atoms with Crippen LogP contribution in [-0.4, -0.2) is 60.5 Å². The van der Waals surface area contributed by atoms with Crippen LogP contribution in [0.3, 0.4) is 0 Å². The number of aromatic nitrogens is 1. The van der Waals surface area contributed by atoms with Crippen LogP contribution >= 0.6 is 0 Å². The average molecular weight is 354 g/mol. The summed E-state index contributed by atoms with van der Waals surface area (Å²) in [5.74, 6) is 0.798. The number of hydrogen-bond acceptors (Lipinski definition) is 5. The van der Waals surface area contributed by atoms with Crippen molar-refractivity contribution in [2.75, 3.05) is 45.2 Å². The minimum atomic E-state index is 0.0178. The standard InChI is InChI=1S/C20H26N4O2/c1-16-4-3-9-21-19(16)14-23-10-12-24(13-11-23)15-20(25)22-17-5-7-18(26-2)8-6-17/h3-9H,10-15H2,1-2H3,(H,22,25). The number of hydrogen-bond donors (Lipinski definition) is 1. The van der Waals surface area contributed by atoms with Gasteiger partial charge in [-0.2, -0.15) is 0 Å². The van der Waals surface area contributed by atoms with Gasteiger partial charge in [0.1, 0.15) is 5.75 Å². The lowest BCUT2D eigenvalue weighted by atomic mass is 10.2. The minimum absolute atomic E-state index is 0.0178. The molecule has 1 amide bonds. The molecule has 0 bridgehead atoms. The number of nitrogens with zero attached hydrogens (tertiary/aromatic N) is 3. The van der Waals surface area contributed by atoms with Crippen LogP contribution in [0.1, 0.15) is 11.3 Å². The fourth-order valence-electron chi connectivity index (χ4n) is 3.08. The molecule has 1 fully saturated rings. The van der Waals surface area contributed by atoms with Gasteiger partial charge in [0.2, 0.25) is 5.91 Å². The summed E-state index contributed by atoms with van der Waals surface area (Å²) in [6, 6.07) is 11.5. The largest absolute Gasteiger partial charge is 0.497 e. The molecule has 0 aliphatic carbocycles. The van der Waals surface area contributed by atoms with Crippen LogP contribution in [0, 0.1) is 6.92 Å². The minimum Gasteiger partial charge on any atom is -0.497 e. The van der Waals surface area contributed by atoms with E-state index in [1.807, 2.05) is 36.5 Å². The molecule has 1 aromatic heterocycles. The zero-order chi connectivity index (χ0) is 18.4. The highest BCUT2D eigenvalue weighted by Gasteiger charge is 2.19. The molecule has 1 N–H and O–H groups in total. The molecule has 1 aromatic carbocycles. The molecule has 138 valence electrons. The van der Waals surface area contributed by atoms with Crippen molar-refractivity contribution in [3.8, 4) is 5.75 Å². The lowest BCUT2D eigenvalue weighted by Gasteiger charge is -2.34. The molecule has 26 heavy (non-hydrogen) atoms. The molecule has 1 saturated heterocycles. The van der Waals surface area contributed by atoms with Crippen LogP contribution < -0.4 is 10.1 Å². The average Bonchev–Trinajstić information content (AvgIpc) is 2.66. The molecular formula is C20H26N4O2. The topological polar surface area (TPSA) is 57.7 Å². The number of carbonyl (C=O) groups excluding carboxylic acids is 1. The molecule has 1 aliphatic rings. The number of anilines is 1. The van der Waals surface area contributed by atoms with Gasteiger partial charge in [-0.25, -0.2) is 0 Å². The molecule has 2 heterocycles. The van der Waals surface area contributed by atoms with Crippen LogP contribution in [0.25, 0.3) is 0 Å². The van der Waals surface area contributed by atoms with Gasteiger partial charge in [-0.05, 0) is 42.8 Å². The molecule has 0 unspecified atom stereocenters. The Labute approximate surface area is 154 Å². The summed E-state index contributed by atoms with van der Waals surface area (Å²) < 4.78 is 5.13. The Bertz CT molecular complexity index is 725. The predicted molar refractivity (Wildman–Crippen MR) is 102 cm³/mol. The molecule has 6 nitrogen and oxygen atoms in total. The van der Waals surface area contributed by atoms with Crippen molar-refractivity contribution in [2.45, 2.75) is 13.5 Å². The van der Waals surface area contributed by atoms with Crippen molar-refractivity contribution in [2.24, 2.45) is 0 Å². The zero-order valence-corrected chi connectivity index (χ0v) is 15.4. The van der Waals surface area contributed by atoms with E-state index in [1.165, 1.54) is 5.56 Å². The van der Waals surface area contributed by atoms with E-state index in [0.717, 1.165) is 49.9 Å². The molecule has 1 aliphatic heterocycles. The van der Waals surface area contributed by atoms with Crippen molar-refractivity contribution >= 4 is 11.6 Å². The van der Waals surface area contributed by atoms with Gasteiger partial charge >= 0.3 is 0 Å². The van der Waals surface area contributed by atoms with Gasteiger partial charge in [0.05, 0.1) is 19.3 Å². The second-order valence-corrected chi connectivity index (χ2v) is 6.60. The maximum Gasteiger partial charge on any atom is 0.238 e. The Morgan fingerprint density at radius 3 is 2.46 bits per heavy atom. The third-order valence-corrected chi connectivity index (χ3v) is 4.70. The van der Waals surface area contributed by atoms with E-state index in [1.54, 1.807) is 7.11 Å². The van der Waals surface area contributed by atoms with Crippen molar-refractivity contribution < 1.29 is 9.53 Å². The number of piperazine rings is 1. The Balaban J connectivity index is 1.43. The Morgan fingerprint density at radius 1 is 1.12 bits per heavy atom. The Hall–Kier alpha value is -2.44. The normalized spacial score (nSPS) is 15.6. The van der Waals surface area contributed by atoms with Gasteiger partial charge in [0.15, 0.2) is 0 Å². The molecule has 0 saturated carbocycles. The summed E-state index contributed by atoms with van der Waals surface area (Å²) in [6.07, 6.45) is 1.85. The number of methoxy groups -OCH3 is 1. The van der Waals surface area contributed by atoms with E-state index in [2.05, 4.69) is 33.1 Å². The van der Waals surface area contributed by atoms with E-state index < -0.39 is 0 Å². The quantitative estimate of drug-likeness (QED) is 0.861. The number of amides is 1. The fraction of sp³-hybridized carbons (Fsp3) is 0.400. The predicted octanol–water partition coefficient (Wildman–Crippen LogP) is 2.15. The van der Waals surface area contributed by atoms with E-state index in [0.29, 0.717) is 6.54 Å². The first-order chi connectivity index (χ1) is 12.6. The van der Waals surface area contributed by atoms with E-state index in [9.17, 15) is 4.79 Å². The number of benzene rings is 1. The second-order valence-electron chi connectivity index (χ2n) is 6.60. The number of carbonyl (C=O) groups is 1. The van der Waals surface area contributed by atoms with E-state index >= 15 is 0 Å². The molecule has 0 atom stereocenters. The second kappa shape index (κ2) is 8.78. The highest BCUT2D eigenvalue weighted by molar-refractivity contribution is 5.92. The maximum absolute atomic E-state index is 12.2. The van der Waals surface area contributed by atoms with E-state index in [4.69, 9.17) is 4.74 Å². The van der Waals surface area contributed by atoms with Crippen LogP contribution in [0.4, 0.5) is 5.69 Å². The summed E-state index contributed by atoms with van der Waals surface area (Å²) >= 11 is 0. The smallest absolute Gasteiger partial charge is 0.238 e. The van der Waals surface area contributed by atoms with Crippen molar-refractivity contribution in [1.82, 2.24) is 14.8 Å². The Morgan fingerprint density at radius 2 is 1.81 bits per heavy atom. The summed E-state index contributed by atoms with van der Waals surface area (Å²) in [6.45, 7) is 7.07. The molecule has 2 aromatic rings. The first kappa shape index (κ1) is 18.4. The van der Waals surface area contributed by atoms with Gasteiger partial charge in [0.25, 0.3) is 0 Å². The van der Waals surface area contributed by atoms with Crippen LogP contribution in [0.5, 0.6) is 5.75 Å². The molecule has 3 rings (SSSR count). The third kappa shape index (κ3) is 5.03. The molecule has 0 radical (unpaired) electrons. The number of rotatable bonds is 6. The monoisotopic (exact) mass is 354 g/mol. The third-order valence-electron chi connectivity index (χ3n) is 4.70. The van der Waals surface area contributed by atoms with Gasteiger partial charge in [-0.15, -0.1) is 0 Å². The first-order valence-corrected chi connectivity index (χ1v) is 8.93. The van der Waals surface area contributed by atoms with Crippen LogP contribution in [0.15, 0.2) is 42.6 Å². The van der Waals surface area contributed by atoms with Crippen LogP contribution in [0.2, 0.25) is 0 Å². The van der Waals surface area contributed by atoms with Gasteiger partial charge in [-0.3, -0.25) is 19.6 Å². The number of ether oxygens (including phenoxy) is 1. The summed E-state index contributed by atoms with van der Waals surface area (Å²) in [5, 5.41) is 2.94. The summed E-state index contributed by atoms with van der Waals surface area (Å²) in [7, 11) is 1.63. The lowest BCUT2D eigenvalue weighted by Crippen LogP contribution is -2.48. The number of aryl methyl sites for hydroxylation is 1. The van der Waals surface area contributed by atoms with Gasteiger partial charge in [-0.1, -0.05) is 6.07 Å². The SMILES string of the molecule is COc1ccc(NC(=O)CN2CCN(Cc3ncccc3C)CC2)cc1. The summed E-state index contributed by atoms with van der Waals surface area (Å²) in [4.78, 5) is 21.3. The highest BCUT2D eigenvalue weighted by atomic mass is 16.5. The fourth-order valence-corrected chi connectivity index (χ4v) is 3.08. The molecule has 6 heteroatoms. The molecule has 0 spiro atoms. The highest BCUT2D eigenvalue weighted by Crippen LogP contribution is 2.15. The maximum atomic E-state index is 12.2. The van der Waals surface area contributed by atoms with Gasteiger partial charge in [0, 0.05) is 44.6 Å². The van der Waals surface area contributed by atoms with Crippen molar-refractivity contribution in [3.05, 3.63) is 53.9 Å². The first-order valence-electron chi connectivity index (χ1n) is 8.93. The van der Waals surface area contributed by atoms with E-state index in [-0.39, 0.29) is 5.91 Å². The summed E-state index contributed by atoms with van der Waals surface area (Å²) in [5.41, 5.74) is 3.16. The van der Waals surface area contributed by atoms with Gasteiger partial charge < -0.3 is 10.1 Å². The number of pyridine rings is 1.